The second-order valence-electron chi connectivity index (χ2n) is 3.48. The van der Waals surface area contributed by atoms with Crippen molar-refractivity contribution in [3.05, 3.63) is 23.8 Å². The number of rotatable bonds is 1. The lowest BCUT2D eigenvalue weighted by Crippen LogP contribution is -2.17. The van der Waals surface area contributed by atoms with Crippen LogP contribution in [0.1, 0.15) is 30.3 Å². The van der Waals surface area contributed by atoms with Crippen LogP contribution in [-0.2, 0) is 6.18 Å². The molecule has 0 radical (unpaired) electrons. The highest BCUT2D eigenvalue weighted by Gasteiger charge is 2.31. The summed E-state index contributed by atoms with van der Waals surface area (Å²) in [6.07, 6.45) is -0.799. The predicted octanol–water partition coefficient (Wildman–Crippen LogP) is 1.92. The molecule has 1 N–H and O–H groups in total. The fourth-order valence-electron chi connectivity index (χ4n) is 1.57. The summed E-state index contributed by atoms with van der Waals surface area (Å²) >= 11 is 0. The number of aromatic nitrogens is 2. The maximum absolute atomic E-state index is 12.2. The van der Waals surface area contributed by atoms with Crippen LogP contribution >= 0.6 is 0 Å². The van der Waals surface area contributed by atoms with E-state index in [1.165, 1.54) is 0 Å². The normalized spacial score (nSPS) is 21.9. The molecule has 0 saturated carbocycles. The van der Waals surface area contributed by atoms with Crippen LogP contribution in [0.15, 0.2) is 12.4 Å². The van der Waals surface area contributed by atoms with Gasteiger partial charge in [0.1, 0.15) is 5.82 Å². The number of hydrogen-bond acceptors (Lipinski definition) is 3. The van der Waals surface area contributed by atoms with Crippen LogP contribution < -0.4 is 5.32 Å². The molecular weight excluding hydrogens is 207 g/mol. The summed E-state index contributed by atoms with van der Waals surface area (Å²) in [6.45, 7) is 0.870. The molecule has 0 amide bonds. The van der Waals surface area contributed by atoms with E-state index in [2.05, 4.69) is 15.3 Å². The molecule has 15 heavy (non-hydrogen) atoms. The second kappa shape index (κ2) is 3.77. The predicted molar refractivity (Wildman–Crippen MR) is 47.0 cm³/mol. The van der Waals surface area contributed by atoms with Crippen LogP contribution in [0, 0.1) is 0 Å². The third-order valence-electron chi connectivity index (χ3n) is 2.37. The molecule has 1 aliphatic heterocycles. The number of nitrogens with one attached hydrogen (secondary N) is 1. The molecule has 1 aromatic rings. The summed E-state index contributed by atoms with van der Waals surface area (Å²) < 4.78 is 36.6. The van der Waals surface area contributed by atoms with E-state index < -0.39 is 11.7 Å². The Bertz CT molecular complexity index is 327. The van der Waals surface area contributed by atoms with Gasteiger partial charge >= 0.3 is 6.18 Å². The minimum Gasteiger partial charge on any atom is -0.307 e. The Kier molecular flexibility index (Phi) is 2.60. The van der Waals surface area contributed by atoms with Gasteiger partial charge in [0.15, 0.2) is 0 Å². The molecule has 1 unspecified atom stereocenters. The Labute approximate surface area is 84.7 Å². The Hall–Kier alpha value is -1.17. The summed E-state index contributed by atoms with van der Waals surface area (Å²) in [4.78, 5) is 7.47. The Morgan fingerprint density at radius 1 is 1.27 bits per heavy atom. The molecule has 6 heteroatoms. The molecule has 2 rings (SSSR count). The van der Waals surface area contributed by atoms with Crippen molar-refractivity contribution in [3.8, 4) is 0 Å². The lowest BCUT2D eigenvalue weighted by Gasteiger charge is -2.10. The van der Waals surface area contributed by atoms with Crippen LogP contribution in [0.25, 0.3) is 0 Å². The number of alkyl halides is 3. The molecule has 0 aromatic carbocycles. The largest absolute Gasteiger partial charge is 0.419 e. The van der Waals surface area contributed by atoms with E-state index in [-0.39, 0.29) is 6.04 Å². The second-order valence-corrected chi connectivity index (χ2v) is 3.48. The van der Waals surface area contributed by atoms with Crippen molar-refractivity contribution in [3.63, 3.8) is 0 Å². The van der Waals surface area contributed by atoms with Gasteiger partial charge in [0.2, 0.25) is 0 Å². The van der Waals surface area contributed by atoms with Crippen molar-refractivity contribution in [1.82, 2.24) is 15.3 Å². The highest BCUT2D eigenvalue weighted by atomic mass is 19.4. The first-order valence-corrected chi connectivity index (χ1v) is 4.70. The number of nitrogens with zero attached hydrogens (tertiary/aromatic N) is 2. The van der Waals surface area contributed by atoms with Gasteiger partial charge in [0, 0.05) is 12.4 Å². The van der Waals surface area contributed by atoms with Crippen molar-refractivity contribution >= 4 is 0 Å². The van der Waals surface area contributed by atoms with Crippen molar-refractivity contribution < 1.29 is 13.2 Å². The molecule has 82 valence electrons. The van der Waals surface area contributed by atoms with Gasteiger partial charge in [-0.15, -0.1) is 0 Å². The fraction of sp³-hybridized carbons (Fsp3) is 0.556. The lowest BCUT2D eigenvalue weighted by molar-refractivity contribution is -0.138. The van der Waals surface area contributed by atoms with Gasteiger partial charge < -0.3 is 5.32 Å². The summed E-state index contributed by atoms with van der Waals surface area (Å²) in [6, 6.07) is 0.00674. The summed E-state index contributed by atoms with van der Waals surface area (Å²) in [5.41, 5.74) is -0.802. The molecule has 1 aliphatic rings. The first kappa shape index (κ1) is 10.4. The van der Waals surface area contributed by atoms with Crippen molar-refractivity contribution in [1.29, 1.82) is 0 Å². The molecule has 3 nitrogen and oxygen atoms in total. The van der Waals surface area contributed by atoms with Gasteiger partial charge in [0.05, 0.1) is 11.6 Å². The summed E-state index contributed by atoms with van der Waals surface area (Å²) in [7, 11) is 0. The minimum absolute atomic E-state index is 0.00674. The van der Waals surface area contributed by atoms with E-state index in [9.17, 15) is 13.2 Å². The van der Waals surface area contributed by atoms with Gasteiger partial charge in [0.25, 0.3) is 0 Å². The molecule has 0 spiro atoms. The van der Waals surface area contributed by atoms with Crippen molar-refractivity contribution in [2.45, 2.75) is 25.1 Å². The molecule has 0 aliphatic carbocycles. The quantitative estimate of drug-likeness (QED) is 0.780. The van der Waals surface area contributed by atoms with Crippen molar-refractivity contribution in [2.75, 3.05) is 6.54 Å². The third-order valence-corrected chi connectivity index (χ3v) is 2.37. The molecular formula is C9H10F3N3. The van der Waals surface area contributed by atoms with Gasteiger partial charge in [-0.2, -0.15) is 13.2 Å². The maximum atomic E-state index is 12.2. The third kappa shape index (κ3) is 2.26. The first-order chi connectivity index (χ1) is 7.07. The minimum atomic E-state index is -4.36. The van der Waals surface area contributed by atoms with Crippen LogP contribution in [-0.4, -0.2) is 16.5 Å². The van der Waals surface area contributed by atoms with Crippen LogP contribution in [0.4, 0.5) is 13.2 Å². The van der Waals surface area contributed by atoms with Gasteiger partial charge in [-0.3, -0.25) is 0 Å². The average Bonchev–Trinajstić information content (AvgIpc) is 2.69. The highest BCUT2D eigenvalue weighted by Crippen LogP contribution is 2.28. The smallest absolute Gasteiger partial charge is 0.307 e. The standard InChI is InChI=1S/C9H10F3N3/c10-9(11,12)6-4-14-8(15-5-6)7-2-1-3-13-7/h4-5,7,13H,1-3H2. The zero-order valence-corrected chi connectivity index (χ0v) is 7.88. The fourth-order valence-corrected chi connectivity index (χ4v) is 1.57. The van der Waals surface area contributed by atoms with E-state index in [1.807, 2.05) is 0 Å². The van der Waals surface area contributed by atoms with Gasteiger partial charge in [-0.1, -0.05) is 0 Å². The van der Waals surface area contributed by atoms with Crippen LogP contribution in [0.2, 0.25) is 0 Å². The highest BCUT2D eigenvalue weighted by molar-refractivity contribution is 5.11. The van der Waals surface area contributed by atoms with Crippen LogP contribution in [0.5, 0.6) is 0 Å². The molecule has 1 atom stereocenters. The molecule has 2 heterocycles. The molecule has 1 saturated heterocycles. The molecule has 0 bridgehead atoms. The zero-order chi connectivity index (χ0) is 10.9. The van der Waals surface area contributed by atoms with E-state index in [0.717, 1.165) is 31.8 Å². The van der Waals surface area contributed by atoms with Crippen LogP contribution in [0.3, 0.4) is 0 Å². The SMILES string of the molecule is FC(F)(F)c1cnc(C2CCCN2)nc1. The van der Waals surface area contributed by atoms with Crippen molar-refractivity contribution in [2.24, 2.45) is 0 Å². The lowest BCUT2D eigenvalue weighted by atomic mass is 10.2. The van der Waals surface area contributed by atoms with Gasteiger partial charge in [-0.25, -0.2) is 9.97 Å². The van der Waals surface area contributed by atoms with E-state index in [1.54, 1.807) is 0 Å². The Balaban J connectivity index is 2.16. The first-order valence-electron chi connectivity index (χ1n) is 4.70. The monoisotopic (exact) mass is 217 g/mol. The van der Waals surface area contributed by atoms with E-state index >= 15 is 0 Å². The van der Waals surface area contributed by atoms with E-state index in [4.69, 9.17) is 0 Å². The maximum Gasteiger partial charge on any atom is 0.419 e. The Morgan fingerprint density at radius 2 is 1.93 bits per heavy atom. The topological polar surface area (TPSA) is 37.8 Å². The Morgan fingerprint density at radius 3 is 2.40 bits per heavy atom. The molecule has 1 fully saturated rings. The summed E-state index contributed by atoms with van der Waals surface area (Å²) in [5, 5.41) is 3.12. The number of hydrogen-bond donors (Lipinski definition) is 1. The van der Waals surface area contributed by atoms with Gasteiger partial charge in [-0.05, 0) is 19.4 Å². The number of halogens is 3. The summed E-state index contributed by atoms with van der Waals surface area (Å²) in [5.74, 6) is 0.445. The zero-order valence-electron chi connectivity index (χ0n) is 7.88. The molecule has 1 aromatic heterocycles. The average molecular weight is 217 g/mol. The van der Waals surface area contributed by atoms with E-state index in [0.29, 0.717) is 5.82 Å².